The first-order valence-corrected chi connectivity index (χ1v) is 6.47. The Morgan fingerprint density at radius 1 is 1.11 bits per heavy atom. The van der Waals surface area contributed by atoms with Crippen molar-refractivity contribution in [2.45, 2.75) is 19.5 Å². The summed E-state index contributed by atoms with van der Waals surface area (Å²) >= 11 is 0. The average molecular weight is 251 g/mol. The molecule has 0 bridgehead atoms. The van der Waals surface area contributed by atoms with E-state index in [0.29, 0.717) is 6.54 Å². The summed E-state index contributed by atoms with van der Waals surface area (Å²) in [6, 6.07) is 16.4. The van der Waals surface area contributed by atoms with Crippen molar-refractivity contribution in [2.24, 2.45) is 5.73 Å². The molecule has 1 aromatic heterocycles. The molecule has 19 heavy (non-hydrogen) atoms. The smallest absolute Gasteiger partial charge is 0.0683 e. The largest absolute Gasteiger partial charge is 0.322 e. The van der Waals surface area contributed by atoms with E-state index < -0.39 is 0 Å². The van der Waals surface area contributed by atoms with Crippen LogP contribution in [-0.2, 0) is 6.54 Å². The number of hydrogen-bond donors (Lipinski definition) is 1. The van der Waals surface area contributed by atoms with E-state index in [1.165, 1.54) is 11.1 Å². The van der Waals surface area contributed by atoms with Crippen molar-refractivity contribution in [1.29, 1.82) is 0 Å². The third-order valence-corrected chi connectivity index (χ3v) is 3.51. The van der Waals surface area contributed by atoms with Crippen LogP contribution in [0.15, 0.2) is 54.7 Å². The van der Waals surface area contributed by atoms with E-state index in [-0.39, 0.29) is 6.04 Å². The van der Waals surface area contributed by atoms with Crippen LogP contribution in [0, 0.1) is 6.92 Å². The Balaban J connectivity index is 1.91. The van der Waals surface area contributed by atoms with Crippen LogP contribution in [0.4, 0.5) is 0 Å². The van der Waals surface area contributed by atoms with E-state index in [9.17, 15) is 0 Å². The highest BCUT2D eigenvalue weighted by Crippen LogP contribution is 2.19. The van der Waals surface area contributed by atoms with Crippen LogP contribution in [0.1, 0.15) is 17.2 Å². The SMILES string of the molecule is Cc1ccccc1C(N)Cn1ncc2ccccc21. The Kier molecular flexibility index (Phi) is 3.05. The molecule has 0 saturated carbocycles. The monoisotopic (exact) mass is 251 g/mol. The minimum absolute atomic E-state index is 0.0375. The summed E-state index contributed by atoms with van der Waals surface area (Å²) in [7, 11) is 0. The zero-order chi connectivity index (χ0) is 13.2. The maximum Gasteiger partial charge on any atom is 0.0683 e. The van der Waals surface area contributed by atoms with Gasteiger partial charge in [0.25, 0.3) is 0 Å². The van der Waals surface area contributed by atoms with E-state index >= 15 is 0 Å². The topological polar surface area (TPSA) is 43.8 Å². The van der Waals surface area contributed by atoms with Crippen LogP contribution in [0.5, 0.6) is 0 Å². The van der Waals surface area contributed by atoms with Crippen LogP contribution in [0.3, 0.4) is 0 Å². The average Bonchev–Trinajstić information content (AvgIpc) is 2.83. The zero-order valence-corrected chi connectivity index (χ0v) is 11.0. The molecule has 3 aromatic rings. The van der Waals surface area contributed by atoms with Crippen molar-refractivity contribution in [3.05, 3.63) is 65.9 Å². The molecule has 0 fully saturated rings. The maximum absolute atomic E-state index is 6.32. The molecule has 0 amide bonds. The highest BCUT2D eigenvalue weighted by Gasteiger charge is 2.11. The molecule has 96 valence electrons. The van der Waals surface area contributed by atoms with Crippen LogP contribution in [0.2, 0.25) is 0 Å². The summed E-state index contributed by atoms with van der Waals surface area (Å²) in [5.41, 5.74) is 9.86. The fourth-order valence-electron chi connectivity index (χ4n) is 2.46. The number of aryl methyl sites for hydroxylation is 1. The van der Waals surface area contributed by atoms with Gasteiger partial charge in [-0.3, -0.25) is 4.68 Å². The number of hydrogen-bond acceptors (Lipinski definition) is 2. The third kappa shape index (κ3) is 2.25. The number of para-hydroxylation sites is 1. The molecule has 0 saturated heterocycles. The fraction of sp³-hybridized carbons (Fsp3) is 0.188. The molecule has 3 rings (SSSR count). The minimum atomic E-state index is -0.0375. The quantitative estimate of drug-likeness (QED) is 0.777. The molecule has 3 nitrogen and oxygen atoms in total. The van der Waals surface area contributed by atoms with Gasteiger partial charge in [0.1, 0.15) is 0 Å². The summed E-state index contributed by atoms with van der Waals surface area (Å²) in [4.78, 5) is 0. The van der Waals surface area contributed by atoms with Gasteiger partial charge in [-0.15, -0.1) is 0 Å². The predicted octanol–water partition coefficient (Wildman–Crippen LogP) is 3.04. The Morgan fingerprint density at radius 3 is 2.68 bits per heavy atom. The van der Waals surface area contributed by atoms with Gasteiger partial charge < -0.3 is 5.73 Å². The Hall–Kier alpha value is -2.13. The lowest BCUT2D eigenvalue weighted by Crippen LogP contribution is -2.19. The molecule has 0 spiro atoms. The van der Waals surface area contributed by atoms with E-state index in [2.05, 4.69) is 36.3 Å². The summed E-state index contributed by atoms with van der Waals surface area (Å²) in [6.45, 7) is 2.79. The van der Waals surface area contributed by atoms with Gasteiger partial charge in [-0.25, -0.2) is 0 Å². The maximum atomic E-state index is 6.32. The van der Waals surface area contributed by atoms with Gasteiger partial charge in [0, 0.05) is 11.4 Å². The van der Waals surface area contributed by atoms with E-state index in [4.69, 9.17) is 5.73 Å². The zero-order valence-electron chi connectivity index (χ0n) is 11.0. The Bertz CT molecular complexity index is 700. The molecule has 1 heterocycles. The lowest BCUT2D eigenvalue weighted by Gasteiger charge is -2.15. The fourth-order valence-corrected chi connectivity index (χ4v) is 2.46. The van der Waals surface area contributed by atoms with Crippen molar-refractivity contribution in [2.75, 3.05) is 0 Å². The van der Waals surface area contributed by atoms with Gasteiger partial charge in [0.05, 0.1) is 18.3 Å². The molecule has 0 aliphatic rings. The second-order valence-corrected chi connectivity index (χ2v) is 4.85. The molecule has 0 radical (unpaired) electrons. The molecule has 0 aliphatic heterocycles. The summed E-state index contributed by atoms with van der Waals surface area (Å²) in [5, 5.41) is 5.58. The van der Waals surface area contributed by atoms with E-state index in [1.54, 1.807) is 0 Å². The molecule has 2 N–H and O–H groups in total. The van der Waals surface area contributed by atoms with E-state index in [0.717, 1.165) is 10.9 Å². The first-order valence-electron chi connectivity index (χ1n) is 6.47. The number of aromatic nitrogens is 2. The normalized spacial score (nSPS) is 12.7. The first-order chi connectivity index (χ1) is 9.25. The van der Waals surface area contributed by atoms with Crippen LogP contribution >= 0.6 is 0 Å². The van der Waals surface area contributed by atoms with Gasteiger partial charge in [0.15, 0.2) is 0 Å². The van der Waals surface area contributed by atoms with Gasteiger partial charge in [-0.05, 0) is 24.1 Å². The highest BCUT2D eigenvalue weighted by molar-refractivity contribution is 5.78. The molecule has 1 atom stereocenters. The summed E-state index contributed by atoms with van der Waals surface area (Å²) < 4.78 is 1.98. The second kappa shape index (κ2) is 4.86. The molecular formula is C16H17N3. The molecule has 1 unspecified atom stereocenters. The van der Waals surface area contributed by atoms with Crippen LogP contribution < -0.4 is 5.73 Å². The number of nitrogens with two attached hydrogens (primary N) is 1. The summed E-state index contributed by atoms with van der Waals surface area (Å²) in [5.74, 6) is 0. The molecule has 2 aromatic carbocycles. The van der Waals surface area contributed by atoms with Crippen molar-refractivity contribution >= 4 is 10.9 Å². The van der Waals surface area contributed by atoms with Crippen LogP contribution in [0.25, 0.3) is 10.9 Å². The second-order valence-electron chi connectivity index (χ2n) is 4.85. The predicted molar refractivity (Wildman–Crippen MR) is 77.8 cm³/mol. The Morgan fingerprint density at radius 2 is 1.84 bits per heavy atom. The first kappa shape index (κ1) is 11.9. The third-order valence-electron chi connectivity index (χ3n) is 3.51. The molecular weight excluding hydrogens is 234 g/mol. The number of rotatable bonds is 3. The van der Waals surface area contributed by atoms with Crippen molar-refractivity contribution in [3.63, 3.8) is 0 Å². The Labute approximate surface area is 112 Å². The highest BCUT2D eigenvalue weighted by atomic mass is 15.3. The summed E-state index contributed by atoms with van der Waals surface area (Å²) in [6.07, 6.45) is 1.89. The standard InChI is InChI=1S/C16H17N3/c1-12-6-2-4-8-14(12)15(17)11-19-16-9-5-3-7-13(16)10-18-19/h2-10,15H,11,17H2,1H3. The molecule has 3 heteroatoms. The molecule has 0 aliphatic carbocycles. The van der Waals surface area contributed by atoms with Gasteiger partial charge in [-0.2, -0.15) is 5.10 Å². The van der Waals surface area contributed by atoms with Gasteiger partial charge in [0.2, 0.25) is 0 Å². The van der Waals surface area contributed by atoms with Crippen molar-refractivity contribution < 1.29 is 0 Å². The minimum Gasteiger partial charge on any atom is -0.322 e. The lowest BCUT2D eigenvalue weighted by molar-refractivity contribution is 0.540. The van der Waals surface area contributed by atoms with Gasteiger partial charge in [-0.1, -0.05) is 42.5 Å². The van der Waals surface area contributed by atoms with E-state index in [1.807, 2.05) is 35.1 Å². The number of benzene rings is 2. The van der Waals surface area contributed by atoms with Gasteiger partial charge >= 0.3 is 0 Å². The lowest BCUT2D eigenvalue weighted by atomic mass is 10.0. The van der Waals surface area contributed by atoms with Crippen molar-refractivity contribution in [1.82, 2.24) is 9.78 Å². The number of nitrogens with zero attached hydrogens (tertiary/aromatic N) is 2. The van der Waals surface area contributed by atoms with Crippen molar-refractivity contribution in [3.8, 4) is 0 Å². The van der Waals surface area contributed by atoms with Crippen LogP contribution in [-0.4, -0.2) is 9.78 Å². The number of fused-ring (bicyclic) bond motifs is 1.